The van der Waals surface area contributed by atoms with Crippen molar-refractivity contribution in [3.63, 3.8) is 0 Å². The van der Waals surface area contributed by atoms with E-state index < -0.39 is 14.0 Å². The van der Waals surface area contributed by atoms with Gasteiger partial charge >= 0.3 is 0 Å². The molecule has 0 aliphatic rings. The second kappa shape index (κ2) is 7.56. The van der Waals surface area contributed by atoms with Gasteiger partial charge in [-0.15, -0.1) is 0 Å². The topological polar surface area (TPSA) is 17.0 Å². The lowest BCUT2D eigenvalue weighted by molar-refractivity contribution is -0.633. The number of furan rings is 1. The minimum absolute atomic E-state index is 0.578. The van der Waals surface area contributed by atoms with Gasteiger partial charge in [-0.2, -0.15) is 4.57 Å². The molecule has 0 saturated carbocycles. The van der Waals surface area contributed by atoms with Crippen molar-refractivity contribution in [2.45, 2.75) is 53.2 Å². The van der Waals surface area contributed by atoms with E-state index in [0.29, 0.717) is 6.04 Å². The van der Waals surface area contributed by atoms with E-state index in [4.69, 9.17) is 5.79 Å². The van der Waals surface area contributed by atoms with Crippen molar-refractivity contribution in [3.05, 3.63) is 71.3 Å². The van der Waals surface area contributed by atoms with Crippen LogP contribution in [0.1, 0.15) is 39.2 Å². The van der Waals surface area contributed by atoms with E-state index >= 15 is 0 Å². The molecule has 0 saturated heterocycles. The lowest BCUT2D eigenvalue weighted by atomic mass is 9.95. The molecule has 2 nitrogen and oxygen atoms in total. The normalized spacial score (nSPS) is 13.7. The van der Waals surface area contributed by atoms with Gasteiger partial charge < -0.3 is 4.42 Å². The van der Waals surface area contributed by atoms with Crippen LogP contribution in [0.2, 0.25) is 19.6 Å². The minimum Gasteiger partial charge on any atom is -0.455 e. The van der Waals surface area contributed by atoms with Crippen molar-refractivity contribution < 1.29 is 11.7 Å². The summed E-state index contributed by atoms with van der Waals surface area (Å²) in [5.74, 6) is -0.697. The first-order chi connectivity index (χ1) is 16.3. The van der Waals surface area contributed by atoms with Crippen molar-refractivity contribution in [1.29, 1.82) is 0 Å². The Morgan fingerprint density at radius 1 is 0.970 bits per heavy atom. The van der Waals surface area contributed by atoms with Gasteiger partial charge in [0.25, 0.3) is 0 Å². The number of pyridine rings is 1. The van der Waals surface area contributed by atoms with Gasteiger partial charge in [0.2, 0.25) is 11.2 Å². The van der Waals surface area contributed by atoms with Gasteiger partial charge in [0.05, 0.1) is 15.0 Å². The molecule has 3 heteroatoms. The molecule has 0 atom stereocenters. The SMILES string of the molecule is [2H]c1c([Si](C)(C)C)c2cc(C([2H])(C)C)ccc2[n+](C)c1-c1c(C)c(C)cc2c1oc1ccccc12. The smallest absolute Gasteiger partial charge is 0.216 e. The molecule has 0 spiro atoms. The molecule has 5 rings (SSSR count). The zero-order chi connectivity index (χ0) is 25.4. The summed E-state index contributed by atoms with van der Waals surface area (Å²) < 4.78 is 26.8. The predicted octanol–water partition coefficient (Wildman–Crippen LogP) is 7.52. The zero-order valence-electron chi connectivity index (χ0n) is 23.0. The molecular formula is C30H34NOSi+. The minimum atomic E-state index is -1.93. The van der Waals surface area contributed by atoms with Crippen LogP contribution in [0.4, 0.5) is 0 Å². The second-order valence-corrected chi connectivity index (χ2v) is 15.6. The zero-order valence-corrected chi connectivity index (χ0v) is 22.0. The van der Waals surface area contributed by atoms with Gasteiger partial charge in [0, 0.05) is 29.6 Å². The Morgan fingerprint density at radius 2 is 1.70 bits per heavy atom. The lowest BCUT2D eigenvalue weighted by Gasteiger charge is -2.21. The van der Waals surface area contributed by atoms with Crippen LogP contribution in [0, 0.1) is 13.8 Å². The third kappa shape index (κ3) is 3.41. The summed E-state index contributed by atoms with van der Waals surface area (Å²) in [5, 5.41) is 4.44. The average Bonchev–Trinajstić information content (AvgIpc) is 3.12. The highest BCUT2D eigenvalue weighted by molar-refractivity contribution is 6.90. The van der Waals surface area contributed by atoms with Crippen LogP contribution < -0.4 is 9.75 Å². The molecule has 168 valence electrons. The molecule has 0 N–H and O–H groups in total. The standard InChI is InChI=1S/C30H34NOSi/c1-18(2)21-13-14-25-24(16-21)28(33(6,7)8)17-26(31(25)5)29-20(4)19(3)15-23-22-11-9-10-12-27(22)32-30(23)29/h9-18H,1-8H3/q+1/i17D,18D. The van der Waals surface area contributed by atoms with Crippen LogP contribution in [0.5, 0.6) is 0 Å². The Hall–Kier alpha value is -2.91. The van der Waals surface area contributed by atoms with Crippen LogP contribution in [0.25, 0.3) is 44.1 Å². The third-order valence-corrected chi connectivity index (χ3v) is 8.85. The molecule has 2 heterocycles. The fourth-order valence-corrected chi connectivity index (χ4v) is 6.42. The molecule has 0 bridgehead atoms. The monoisotopic (exact) mass is 454 g/mol. The maximum Gasteiger partial charge on any atom is 0.216 e. The molecule has 0 amide bonds. The summed E-state index contributed by atoms with van der Waals surface area (Å²) in [5.41, 5.74) is 8.03. The van der Waals surface area contributed by atoms with Crippen LogP contribution in [0.15, 0.2) is 59.0 Å². The first-order valence-electron chi connectivity index (χ1n) is 12.7. The summed E-state index contributed by atoms with van der Waals surface area (Å²) in [7, 11) is 0.126. The van der Waals surface area contributed by atoms with Gasteiger partial charge in [-0.3, -0.25) is 0 Å². The predicted molar refractivity (Wildman–Crippen MR) is 144 cm³/mol. The number of hydrogen-bond acceptors (Lipinski definition) is 1. The number of hydrogen-bond donors (Lipinski definition) is 0. The van der Waals surface area contributed by atoms with Crippen LogP contribution in [0.3, 0.4) is 0 Å². The molecule has 33 heavy (non-hydrogen) atoms. The molecule has 3 aromatic carbocycles. The van der Waals surface area contributed by atoms with Crippen LogP contribution in [-0.2, 0) is 7.05 Å². The first kappa shape index (κ1) is 19.5. The summed E-state index contributed by atoms with van der Waals surface area (Å²) in [6, 6.07) is 17.3. The van der Waals surface area contributed by atoms with Gasteiger partial charge in [0.1, 0.15) is 18.2 Å². The number of para-hydroxylation sites is 1. The van der Waals surface area contributed by atoms with Gasteiger partial charge in [-0.25, -0.2) is 0 Å². The Kier molecular flexibility index (Phi) is 4.48. The summed E-state index contributed by atoms with van der Waals surface area (Å²) in [6.45, 7) is 15.1. The largest absolute Gasteiger partial charge is 0.455 e. The molecule has 5 aromatic rings. The maximum atomic E-state index is 9.59. The molecule has 0 aliphatic heterocycles. The second-order valence-electron chi connectivity index (χ2n) is 10.6. The Labute approximate surface area is 200 Å². The quantitative estimate of drug-likeness (QED) is 0.203. The van der Waals surface area contributed by atoms with Gasteiger partial charge in [-0.05, 0) is 59.8 Å². The Bertz CT molecular complexity index is 1650. The number of fused-ring (bicyclic) bond motifs is 4. The number of aryl methyl sites for hydroxylation is 2. The summed E-state index contributed by atoms with van der Waals surface area (Å²) in [6.07, 6.45) is 0. The molecule has 0 fully saturated rings. The van der Waals surface area contributed by atoms with Crippen molar-refractivity contribution in [1.82, 2.24) is 0 Å². The highest BCUT2D eigenvalue weighted by Gasteiger charge is 2.29. The highest BCUT2D eigenvalue weighted by Crippen LogP contribution is 2.39. The molecule has 2 aromatic heterocycles. The van der Waals surface area contributed by atoms with E-state index in [1.54, 1.807) is 0 Å². The summed E-state index contributed by atoms with van der Waals surface area (Å²) in [4.78, 5) is 0. The van der Waals surface area contributed by atoms with Crippen molar-refractivity contribution in [2.24, 2.45) is 7.05 Å². The van der Waals surface area contributed by atoms with E-state index in [2.05, 4.69) is 75.4 Å². The highest BCUT2D eigenvalue weighted by atomic mass is 28.3. The van der Waals surface area contributed by atoms with Crippen LogP contribution >= 0.6 is 0 Å². The first-order valence-corrected chi connectivity index (χ1v) is 15.2. The van der Waals surface area contributed by atoms with E-state index in [9.17, 15) is 1.37 Å². The fraction of sp³-hybridized carbons (Fsp3) is 0.300. The fourth-order valence-electron chi connectivity index (χ4n) is 4.92. The summed E-state index contributed by atoms with van der Waals surface area (Å²) >= 11 is 0. The van der Waals surface area contributed by atoms with E-state index in [1.165, 1.54) is 5.56 Å². The van der Waals surface area contributed by atoms with E-state index in [-0.39, 0.29) is 0 Å². The van der Waals surface area contributed by atoms with Crippen molar-refractivity contribution >= 4 is 46.1 Å². The third-order valence-electron chi connectivity index (χ3n) is 6.96. The molecule has 0 radical (unpaired) electrons. The van der Waals surface area contributed by atoms with Crippen molar-refractivity contribution in [2.75, 3.05) is 0 Å². The lowest BCUT2D eigenvalue weighted by Crippen LogP contribution is -2.43. The number of rotatable bonds is 3. The number of nitrogens with zero attached hydrogens (tertiary/aromatic N) is 1. The van der Waals surface area contributed by atoms with Crippen LogP contribution in [-0.4, -0.2) is 8.07 Å². The van der Waals surface area contributed by atoms with Crippen molar-refractivity contribution in [3.8, 4) is 11.3 Å². The van der Waals surface area contributed by atoms with Gasteiger partial charge in [-0.1, -0.05) is 57.8 Å². The van der Waals surface area contributed by atoms with Gasteiger partial charge in [0.15, 0.2) is 0 Å². The Morgan fingerprint density at radius 3 is 2.39 bits per heavy atom. The Balaban J connectivity index is 1.99. The number of benzene rings is 3. The van der Waals surface area contributed by atoms with E-state index in [0.717, 1.165) is 60.4 Å². The molecule has 0 unspecified atom stereocenters. The average molecular weight is 455 g/mol. The molecular weight excluding hydrogens is 418 g/mol. The number of aromatic nitrogens is 1. The van der Waals surface area contributed by atoms with E-state index in [1.807, 2.05) is 32.0 Å². The maximum absolute atomic E-state index is 9.59. The molecule has 0 aliphatic carbocycles.